The molecule has 0 aromatic carbocycles. The van der Waals surface area contributed by atoms with E-state index in [2.05, 4.69) is 17.2 Å². The maximum atomic E-state index is 11.0. The van der Waals surface area contributed by atoms with Crippen molar-refractivity contribution in [1.29, 1.82) is 5.26 Å². The molecule has 7 heteroatoms. The van der Waals surface area contributed by atoms with Crippen LogP contribution in [0.1, 0.15) is 22.2 Å². The van der Waals surface area contributed by atoms with Gasteiger partial charge in [-0.05, 0) is 18.6 Å². The zero-order valence-electron chi connectivity index (χ0n) is 10.8. The van der Waals surface area contributed by atoms with E-state index < -0.39 is 4.92 Å². The van der Waals surface area contributed by atoms with E-state index in [1.165, 1.54) is 17.1 Å². The molecule has 0 atom stereocenters. The van der Waals surface area contributed by atoms with Crippen LogP contribution in [0, 0.1) is 21.4 Å². The fourth-order valence-electron chi connectivity index (χ4n) is 1.67. The Morgan fingerprint density at radius 2 is 2.25 bits per heavy atom. The summed E-state index contributed by atoms with van der Waals surface area (Å²) in [5.41, 5.74) is -0.0111. The van der Waals surface area contributed by atoms with Crippen molar-refractivity contribution in [2.45, 2.75) is 19.9 Å². The van der Waals surface area contributed by atoms with E-state index in [9.17, 15) is 10.1 Å². The molecule has 0 saturated carbocycles. The van der Waals surface area contributed by atoms with Gasteiger partial charge in [0.1, 0.15) is 6.07 Å². The van der Waals surface area contributed by atoms with Crippen molar-refractivity contribution in [3.05, 3.63) is 49.8 Å². The van der Waals surface area contributed by atoms with Gasteiger partial charge in [-0.3, -0.25) is 10.1 Å². The van der Waals surface area contributed by atoms with Crippen molar-refractivity contribution in [3.8, 4) is 6.07 Å². The third-order valence-electron chi connectivity index (χ3n) is 2.69. The summed E-state index contributed by atoms with van der Waals surface area (Å²) in [6.45, 7) is 2.56. The number of hydrogen-bond donors (Lipinski definition) is 1. The summed E-state index contributed by atoms with van der Waals surface area (Å²) in [7, 11) is 0. The van der Waals surface area contributed by atoms with Crippen molar-refractivity contribution < 1.29 is 4.92 Å². The lowest BCUT2D eigenvalue weighted by atomic mass is 10.2. The standard InChI is InChI=1S/C13H12N4O2S/c1-2-10-3-4-11(20-10)8-16-13-12(17(18)19)5-9(6-14)7-15-13/h3-5,7H,2,8H2,1H3,(H,15,16). The van der Waals surface area contributed by atoms with Gasteiger partial charge in [-0.15, -0.1) is 11.3 Å². The van der Waals surface area contributed by atoms with Crippen molar-refractivity contribution in [3.63, 3.8) is 0 Å². The third-order valence-corrected chi connectivity index (χ3v) is 3.92. The summed E-state index contributed by atoms with van der Waals surface area (Å²) in [6, 6.07) is 7.10. The van der Waals surface area contributed by atoms with Crippen LogP contribution in [0.15, 0.2) is 24.4 Å². The average molecular weight is 288 g/mol. The number of nitrogens with zero attached hydrogens (tertiary/aromatic N) is 3. The highest BCUT2D eigenvalue weighted by atomic mass is 32.1. The number of hydrogen-bond acceptors (Lipinski definition) is 6. The van der Waals surface area contributed by atoms with E-state index in [0.717, 1.165) is 11.3 Å². The molecule has 0 bridgehead atoms. The maximum absolute atomic E-state index is 11.0. The minimum atomic E-state index is -0.540. The van der Waals surface area contributed by atoms with Gasteiger partial charge in [-0.25, -0.2) is 4.98 Å². The van der Waals surface area contributed by atoms with Crippen molar-refractivity contribution >= 4 is 22.8 Å². The Labute approximate surface area is 119 Å². The number of nitrogens with one attached hydrogen (secondary N) is 1. The van der Waals surface area contributed by atoms with Crippen LogP contribution in [0.3, 0.4) is 0 Å². The minimum absolute atomic E-state index is 0.173. The molecule has 0 unspecified atom stereocenters. The Kier molecular flexibility index (Phi) is 4.27. The normalized spacial score (nSPS) is 10.0. The third kappa shape index (κ3) is 3.10. The fourth-order valence-corrected chi connectivity index (χ4v) is 2.57. The zero-order chi connectivity index (χ0) is 14.5. The van der Waals surface area contributed by atoms with Crippen LogP contribution in [0.2, 0.25) is 0 Å². The van der Waals surface area contributed by atoms with Crippen molar-refractivity contribution in [2.24, 2.45) is 0 Å². The number of aromatic nitrogens is 1. The van der Waals surface area contributed by atoms with Crippen LogP contribution in [0.4, 0.5) is 11.5 Å². The van der Waals surface area contributed by atoms with Gasteiger partial charge in [0.15, 0.2) is 0 Å². The van der Waals surface area contributed by atoms with Gasteiger partial charge in [0.25, 0.3) is 0 Å². The molecule has 1 N–H and O–H groups in total. The second kappa shape index (κ2) is 6.12. The number of thiophene rings is 1. The van der Waals surface area contributed by atoms with Gasteiger partial charge in [0, 0.05) is 22.0 Å². The summed E-state index contributed by atoms with van der Waals surface area (Å²) in [6.07, 6.45) is 2.29. The fraction of sp³-hybridized carbons (Fsp3) is 0.231. The summed E-state index contributed by atoms with van der Waals surface area (Å²) in [5, 5.41) is 22.7. The van der Waals surface area contributed by atoms with Gasteiger partial charge in [0.05, 0.1) is 17.0 Å². The largest absolute Gasteiger partial charge is 0.359 e. The summed E-state index contributed by atoms with van der Waals surface area (Å²) < 4.78 is 0. The van der Waals surface area contributed by atoms with Crippen LogP contribution >= 0.6 is 11.3 Å². The lowest BCUT2D eigenvalue weighted by Gasteiger charge is -2.04. The molecule has 2 rings (SSSR count). The monoisotopic (exact) mass is 288 g/mol. The van der Waals surface area contributed by atoms with Gasteiger partial charge < -0.3 is 5.32 Å². The van der Waals surface area contributed by atoms with E-state index in [4.69, 9.17) is 5.26 Å². The number of pyridine rings is 1. The number of anilines is 1. The Balaban J connectivity index is 2.16. The number of nitriles is 1. The van der Waals surface area contributed by atoms with Gasteiger partial charge in [-0.1, -0.05) is 6.92 Å². The molecule has 0 saturated heterocycles. The van der Waals surface area contributed by atoms with E-state index in [-0.39, 0.29) is 17.1 Å². The SMILES string of the molecule is CCc1ccc(CNc2ncc(C#N)cc2[N+](=O)[O-])s1. The number of nitro groups is 1. The minimum Gasteiger partial charge on any atom is -0.359 e. The van der Waals surface area contributed by atoms with Crippen molar-refractivity contribution in [2.75, 3.05) is 5.32 Å². The predicted octanol–water partition coefficient (Wildman–Crippen LogP) is 3.10. The smallest absolute Gasteiger partial charge is 0.312 e. The van der Waals surface area contributed by atoms with E-state index >= 15 is 0 Å². The van der Waals surface area contributed by atoms with Gasteiger partial charge in [-0.2, -0.15) is 5.26 Å². The summed E-state index contributed by atoms with van der Waals surface area (Å²) in [4.78, 5) is 16.7. The Bertz CT molecular complexity index is 675. The van der Waals surface area contributed by atoms with Crippen LogP contribution in [-0.2, 0) is 13.0 Å². The van der Waals surface area contributed by atoms with Crippen LogP contribution < -0.4 is 5.32 Å². The quantitative estimate of drug-likeness (QED) is 0.674. The molecule has 0 amide bonds. The topological polar surface area (TPSA) is 91.8 Å². The Morgan fingerprint density at radius 3 is 2.85 bits per heavy atom. The highest BCUT2D eigenvalue weighted by Crippen LogP contribution is 2.24. The predicted molar refractivity (Wildman–Crippen MR) is 76.6 cm³/mol. The molecule has 0 aliphatic heterocycles. The first kappa shape index (κ1) is 14.0. The second-order valence-corrected chi connectivity index (χ2v) is 5.29. The first-order chi connectivity index (χ1) is 9.63. The zero-order valence-corrected chi connectivity index (χ0v) is 11.6. The molecule has 20 heavy (non-hydrogen) atoms. The molecule has 2 heterocycles. The first-order valence-electron chi connectivity index (χ1n) is 6.00. The molecule has 0 aliphatic carbocycles. The average Bonchev–Trinajstić information content (AvgIpc) is 2.92. The highest BCUT2D eigenvalue weighted by molar-refractivity contribution is 7.12. The highest BCUT2D eigenvalue weighted by Gasteiger charge is 2.16. The lowest BCUT2D eigenvalue weighted by molar-refractivity contribution is -0.384. The summed E-state index contributed by atoms with van der Waals surface area (Å²) >= 11 is 1.66. The molecule has 0 fully saturated rings. The van der Waals surface area contributed by atoms with Crippen LogP contribution in [0.25, 0.3) is 0 Å². The molecule has 0 radical (unpaired) electrons. The second-order valence-electron chi connectivity index (χ2n) is 4.04. The number of aryl methyl sites for hydroxylation is 1. The first-order valence-corrected chi connectivity index (χ1v) is 6.81. The molecular weight excluding hydrogens is 276 g/mol. The molecule has 2 aromatic heterocycles. The molecule has 0 spiro atoms. The van der Waals surface area contributed by atoms with Gasteiger partial charge in [0.2, 0.25) is 5.82 Å². The Hall–Kier alpha value is -2.46. The summed E-state index contributed by atoms with van der Waals surface area (Å²) in [5.74, 6) is 0.181. The molecule has 102 valence electrons. The molecule has 0 aliphatic rings. The maximum Gasteiger partial charge on any atom is 0.312 e. The van der Waals surface area contributed by atoms with E-state index in [0.29, 0.717) is 6.54 Å². The molecule has 2 aromatic rings. The van der Waals surface area contributed by atoms with Crippen LogP contribution in [-0.4, -0.2) is 9.91 Å². The van der Waals surface area contributed by atoms with E-state index in [1.54, 1.807) is 11.3 Å². The Morgan fingerprint density at radius 1 is 1.50 bits per heavy atom. The van der Waals surface area contributed by atoms with Crippen molar-refractivity contribution in [1.82, 2.24) is 4.98 Å². The number of rotatable bonds is 5. The molecular formula is C13H12N4O2S. The van der Waals surface area contributed by atoms with Crippen LogP contribution in [0.5, 0.6) is 0 Å². The van der Waals surface area contributed by atoms with E-state index in [1.807, 2.05) is 18.2 Å². The van der Waals surface area contributed by atoms with Gasteiger partial charge >= 0.3 is 5.69 Å². The molecule has 6 nitrogen and oxygen atoms in total. The lowest BCUT2D eigenvalue weighted by Crippen LogP contribution is -2.04.